The maximum absolute atomic E-state index is 12.8. The predicted octanol–water partition coefficient (Wildman–Crippen LogP) is 3.32. The average Bonchev–Trinajstić information content (AvgIpc) is 3.52. The minimum atomic E-state index is -0.0672. The third-order valence-corrected chi connectivity index (χ3v) is 10.8. The maximum atomic E-state index is 12.8. The molecule has 5 unspecified atom stereocenters. The second-order valence-electron chi connectivity index (χ2n) is 13.4. The molecule has 0 radical (unpaired) electrons. The van der Waals surface area contributed by atoms with Gasteiger partial charge < -0.3 is 15.1 Å². The summed E-state index contributed by atoms with van der Waals surface area (Å²) in [6.45, 7) is 12.0. The Morgan fingerprint density at radius 1 is 1.24 bits per heavy atom. The Labute approximate surface area is 254 Å². The van der Waals surface area contributed by atoms with Gasteiger partial charge in [-0.3, -0.25) is 25.1 Å². The lowest BCUT2D eigenvalue weighted by molar-refractivity contribution is -0.149. The van der Waals surface area contributed by atoms with E-state index in [0.29, 0.717) is 36.0 Å². The van der Waals surface area contributed by atoms with Crippen molar-refractivity contribution in [3.8, 4) is 11.3 Å². The SMILES string of the molecule is C=CC(=O)N1CC2(CC(n3nc(-c4ccc(C(=O)NCCN(C)C)cc4)c(C4C(Cl)C(C)CC5NNCC54)c3C)C2)C1. The van der Waals surface area contributed by atoms with E-state index in [1.54, 1.807) is 0 Å². The third kappa shape index (κ3) is 5.19. The van der Waals surface area contributed by atoms with Crippen LogP contribution in [0.25, 0.3) is 11.3 Å². The molecule has 5 atom stereocenters. The van der Waals surface area contributed by atoms with Crippen LogP contribution in [0.15, 0.2) is 36.9 Å². The van der Waals surface area contributed by atoms with Crippen LogP contribution in [0.4, 0.5) is 0 Å². The van der Waals surface area contributed by atoms with E-state index in [1.165, 1.54) is 17.3 Å². The van der Waals surface area contributed by atoms with Crippen molar-refractivity contribution in [3.05, 3.63) is 53.7 Å². The number of carbonyl (C=O) groups is 2. The van der Waals surface area contributed by atoms with E-state index in [1.807, 2.05) is 48.2 Å². The molecule has 4 fully saturated rings. The smallest absolute Gasteiger partial charge is 0.251 e. The number of fused-ring (bicyclic) bond motifs is 1. The van der Waals surface area contributed by atoms with Crippen LogP contribution < -0.4 is 16.2 Å². The Kier molecular flexibility index (Phi) is 7.98. The highest BCUT2D eigenvalue weighted by molar-refractivity contribution is 6.21. The fourth-order valence-corrected chi connectivity index (χ4v) is 8.27. The van der Waals surface area contributed by atoms with Gasteiger partial charge in [0.1, 0.15) is 0 Å². The zero-order valence-corrected chi connectivity index (χ0v) is 26.0. The summed E-state index contributed by atoms with van der Waals surface area (Å²) >= 11 is 7.28. The number of aromatic nitrogens is 2. The zero-order valence-electron chi connectivity index (χ0n) is 25.2. The first-order valence-corrected chi connectivity index (χ1v) is 15.7. The Hall–Kier alpha value is -2.72. The van der Waals surface area contributed by atoms with E-state index in [0.717, 1.165) is 56.7 Å². The van der Waals surface area contributed by atoms with Gasteiger partial charge in [-0.15, -0.1) is 11.6 Å². The van der Waals surface area contributed by atoms with Gasteiger partial charge in [-0.25, -0.2) is 0 Å². The van der Waals surface area contributed by atoms with Crippen LogP contribution in [0, 0.1) is 24.2 Å². The van der Waals surface area contributed by atoms with Crippen LogP contribution in [-0.2, 0) is 4.79 Å². The van der Waals surface area contributed by atoms with Gasteiger partial charge in [0.15, 0.2) is 0 Å². The number of carbonyl (C=O) groups excluding carboxylic acids is 2. The van der Waals surface area contributed by atoms with E-state index in [4.69, 9.17) is 16.7 Å². The lowest BCUT2D eigenvalue weighted by Crippen LogP contribution is -2.63. The number of amides is 2. The van der Waals surface area contributed by atoms with Gasteiger partial charge in [0.05, 0.1) is 11.7 Å². The number of benzene rings is 1. The lowest BCUT2D eigenvalue weighted by Gasteiger charge is -2.58. The van der Waals surface area contributed by atoms with Gasteiger partial charge in [0.25, 0.3) is 5.91 Å². The van der Waals surface area contributed by atoms with Crippen molar-refractivity contribution in [3.63, 3.8) is 0 Å². The molecule has 4 aliphatic rings. The monoisotopic (exact) mass is 593 g/mol. The highest BCUT2D eigenvalue weighted by atomic mass is 35.5. The van der Waals surface area contributed by atoms with E-state index in [-0.39, 0.29) is 28.5 Å². The first kappa shape index (κ1) is 29.4. The number of likely N-dealkylation sites (N-methyl/N-ethyl adjacent to an activating group) is 1. The Balaban J connectivity index is 1.30. The summed E-state index contributed by atoms with van der Waals surface area (Å²) in [7, 11) is 3.98. The van der Waals surface area contributed by atoms with Crippen molar-refractivity contribution in [2.75, 3.05) is 46.8 Å². The zero-order chi connectivity index (χ0) is 29.8. The number of alkyl halides is 1. The molecule has 2 aliphatic heterocycles. The van der Waals surface area contributed by atoms with E-state index in [9.17, 15) is 9.59 Å². The predicted molar refractivity (Wildman–Crippen MR) is 165 cm³/mol. The number of nitrogens with one attached hydrogen (secondary N) is 3. The molecule has 10 heteroatoms. The molecule has 1 aromatic heterocycles. The fraction of sp³-hybridized carbons (Fsp3) is 0.594. The number of nitrogens with zero attached hydrogens (tertiary/aromatic N) is 4. The summed E-state index contributed by atoms with van der Waals surface area (Å²) in [5, 5.41) is 8.31. The Morgan fingerprint density at radius 3 is 2.62 bits per heavy atom. The van der Waals surface area contributed by atoms with E-state index in [2.05, 4.69) is 41.3 Å². The number of hydrogen-bond donors (Lipinski definition) is 3. The van der Waals surface area contributed by atoms with Gasteiger partial charge >= 0.3 is 0 Å². The fourth-order valence-electron chi connectivity index (χ4n) is 7.86. The summed E-state index contributed by atoms with van der Waals surface area (Å²) in [4.78, 5) is 28.7. The second kappa shape index (κ2) is 11.4. The molecule has 3 heterocycles. The summed E-state index contributed by atoms with van der Waals surface area (Å²) in [5.74, 6) is 0.844. The number of hydrogen-bond acceptors (Lipinski definition) is 6. The quantitative estimate of drug-likeness (QED) is 0.321. The summed E-state index contributed by atoms with van der Waals surface area (Å²) in [5.41, 5.74) is 12.2. The molecule has 2 amide bonds. The van der Waals surface area contributed by atoms with Crippen molar-refractivity contribution in [1.82, 2.24) is 35.7 Å². The number of hydrazine groups is 1. The molecule has 9 nitrogen and oxygen atoms in total. The molecule has 226 valence electrons. The minimum Gasteiger partial charge on any atom is -0.351 e. The van der Waals surface area contributed by atoms with Crippen molar-refractivity contribution < 1.29 is 9.59 Å². The largest absolute Gasteiger partial charge is 0.351 e. The Bertz CT molecular complexity index is 1340. The van der Waals surface area contributed by atoms with Gasteiger partial charge in [-0.2, -0.15) is 5.10 Å². The highest BCUT2D eigenvalue weighted by Crippen LogP contribution is 2.56. The van der Waals surface area contributed by atoms with Crippen LogP contribution in [-0.4, -0.2) is 89.6 Å². The molecule has 2 saturated carbocycles. The molecule has 1 aromatic carbocycles. The van der Waals surface area contributed by atoms with Crippen LogP contribution in [0.5, 0.6) is 0 Å². The summed E-state index contributed by atoms with van der Waals surface area (Å²) in [6.07, 6.45) is 4.49. The van der Waals surface area contributed by atoms with Crippen LogP contribution in [0.3, 0.4) is 0 Å². The first-order valence-electron chi connectivity index (χ1n) is 15.3. The molecular weight excluding hydrogens is 550 g/mol. The standard InChI is InChI=1S/C32H44ClN7O2/c1-6-26(41)39-17-32(18-39)14-23(15-32)40-20(3)27(28-24-16-35-36-25(24)13-19(2)29(28)33)30(37-40)21-7-9-22(10-8-21)31(42)34-11-12-38(4)5/h6-10,19,23-25,28-29,35-36H,1,11-18H2,2-5H3,(H,34,42). The lowest BCUT2D eigenvalue weighted by atomic mass is 9.60. The molecular formula is C32H44ClN7O2. The molecule has 0 bridgehead atoms. The number of halogens is 1. The first-order chi connectivity index (χ1) is 20.1. The molecule has 1 spiro atoms. The van der Waals surface area contributed by atoms with Gasteiger partial charge in [0.2, 0.25) is 5.91 Å². The topological polar surface area (TPSA) is 94.5 Å². The summed E-state index contributed by atoms with van der Waals surface area (Å²) < 4.78 is 2.24. The second-order valence-corrected chi connectivity index (χ2v) is 13.9. The number of likely N-dealkylation sites (tertiary alicyclic amines) is 1. The van der Waals surface area contributed by atoms with Crippen molar-refractivity contribution in [2.45, 2.75) is 56.5 Å². The maximum Gasteiger partial charge on any atom is 0.251 e. The van der Waals surface area contributed by atoms with Gasteiger partial charge in [-0.05, 0) is 70.3 Å². The molecule has 2 aliphatic carbocycles. The molecule has 2 aromatic rings. The van der Waals surface area contributed by atoms with Crippen molar-refractivity contribution in [2.24, 2.45) is 17.3 Å². The van der Waals surface area contributed by atoms with Crippen LogP contribution in [0.2, 0.25) is 0 Å². The molecule has 3 N–H and O–H groups in total. The van der Waals surface area contributed by atoms with E-state index < -0.39 is 0 Å². The van der Waals surface area contributed by atoms with Crippen LogP contribution >= 0.6 is 11.6 Å². The average molecular weight is 594 g/mol. The van der Waals surface area contributed by atoms with E-state index >= 15 is 0 Å². The molecule has 2 saturated heterocycles. The third-order valence-electron chi connectivity index (χ3n) is 10.1. The highest BCUT2D eigenvalue weighted by Gasteiger charge is 2.55. The van der Waals surface area contributed by atoms with Crippen molar-refractivity contribution >= 4 is 23.4 Å². The normalized spacial score (nSPS) is 28.3. The van der Waals surface area contributed by atoms with Crippen molar-refractivity contribution in [1.29, 1.82) is 0 Å². The van der Waals surface area contributed by atoms with Gasteiger partial charge in [-0.1, -0.05) is 25.6 Å². The van der Waals surface area contributed by atoms with Crippen LogP contribution in [0.1, 0.15) is 59.8 Å². The van der Waals surface area contributed by atoms with Gasteiger partial charge in [0, 0.05) is 77.9 Å². The minimum absolute atomic E-state index is 0.00244. The molecule has 42 heavy (non-hydrogen) atoms. The molecule has 6 rings (SSSR count). The Morgan fingerprint density at radius 2 is 1.95 bits per heavy atom. The summed E-state index contributed by atoms with van der Waals surface area (Å²) in [6, 6.07) is 8.53. The number of rotatable bonds is 8.